The van der Waals surface area contributed by atoms with Crippen LogP contribution < -0.4 is 0 Å². The third-order valence-corrected chi connectivity index (χ3v) is 8.73. The Bertz CT molecular complexity index is 1670. The Hall–Kier alpha value is -4.70. The second kappa shape index (κ2) is 11.9. The smallest absolute Gasteiger partial charge is 0.257 e. The van der Waals surface area contributed by atoms with Crippen molar-refractivity contribution < 1.29 is 9.18 Å². The van der Waals surface area contributed by atoms with E-state index >= 15 is 0 Å². The van der Waals surface area contributed by atoms with Crippen molar-refractivity contribution in [3.63, 3.8) is 0 Å². The molecular weight excluding hydrogens is 543 g/mol. The van der Waals surface area contributed by atoms with Crippen LogP contribution in [0.5, 0.6) is 0 Å². The number of amides is 1. The summed E-state index contributed by atoms with van der Waals surface area (Å²) in [6.45, 7) is 3.02. The number of aromatic amines is 1. The van der Waals surface area contributed by atoms with Crippen LogP contribution in [-0.4, -0.2) is 65.7 Å². The van der Waals surface area contributed by atoms with Gasteiger partial charge in [0.2, 0.25) is 5.82 Å². The van der Waals surface area contributed by atoms with Gasteiger partial charge in [0.05, 0.1) is 29.2 Å². The van der Waals surface area contributed by atoms with Gasteiger partial charge in [-0.1, -0.05) is 61.0 Å². The number of piperidine rings is 1. The quantitative estimate of drug-likeness (QED) is 0.273. The minimum Gasteiger partial charge on any atom is -0.338 e. The van der Waals surface area contributed by atoms with Crippen LogP contribution in [0, 0.1) is 5.82 Å². The first-order valence-corrected chi connectivity index (χ1v) is 14.9. The van der Waals surface area contributed by atoms with Gasteiger partial charge < -0.3 is 4.90 Å². The maximum absolute atomic E-state index is 14.2. The van der Waals surface area contributed by atoms with Gasteiger partial charge in [0.15, 0.2) is 0 Å². The molecular formula is C33H33FN8O. The first-order chi connectivity index (χ1) is 21.1. The minimum atomic E-state index is -0.304. The molecule has 5 aromatic rings. The molecule has 2 aliphatic heterocycles. The first kappa shape index (κ1) is 27.2. The Morgan fingerprint density at radius 2 is 1.74 bits per heavy atom. The summed E-state index contributed by atoms with van der Waals surface area (Å²) >= 11 is 0. The Kier molecular flexibility index (Phi) is 7.51. The van der Waals surface area contributed by atoms with Crippen molar-refractivity contribution in [3.05, 3.63) is 113 Å². The number of rotatable bonds is 7. The number of likely N-dealkylation sites (tertiary alicyclic amines) is 2. The fourth-order valence-electron chi connectivity index (χ4n) is 6.51. The Morgan fingerprint density at radius 1 is 0.930 bits per heavy atom. The molecule has 2 atom stereocenters. The molecule has 1 N–H and O–H groups in total. The average molecular weight is 577 g/mol. The molecule has 2 saturated heterocycles. The maximum Gasteiger partial charge on any atom is 0.257 e. The van der Waals surface area contributed by atoms with Crippen molar-refractivity contribution >= 4 is 5.91 Å². The van der Waals surface area contributed by atoms with Crippen molar-refractivity contribution in [3.8, 4) is 17.1 Å². The van der Waals surface area contributed by atoms with E-state index in [1.165, 1.54) is 17.7 Å². The van der Waals surface area contributed by atoms with Crippen LogP contribution in [-0.2, 0) is 6.54 Å². The molecule has 9 nitrogen and oxygen atoms in total. The second-order valence-electron chi connectivity index (χ2n) is 11.4. The molecule has 218 valence electrons. The molecule has 3 aromatic carbocycles. The number of hydrogen-bond acceptors (Lipinski definition) is 6. The topological polar surface area (TPSA) is 95.8 Å². The number of aromatic nitrogens is 6. The Labute approximate surface area is 249 Å². The van der Waals surface area contributed by atoms with E-state index in [0.717, 1.165) is 61.3 Å². The highest BCUT2D eigenvalue weighted by atomic mass is 19.1. The zero-order chi connectivity index (χ0) is 29.2. The molecule has 2 aromatic heterocycles. The summed E-state index contributed by atoms with van der Waals surface area (Å²) in [5.74, 6) is 0.589. The van der Waals surface area contributed by atoms with Gasteiger partial charge >= 0.3 is 0 Å². The van der Waals surface area contributed by atoms with Crippen molar-refractivity contribution in [1.82, 2.24) is 40.2 Å². The van der Waals surface area contributed by atoms with Crippen LogP contribution in [0.2, 0.25) is 0 Å². The molecule has 10 heteroatoms. The normalized spacial score (nSPS) is 19.1. The summed E-state index contributed by atoms with van der Waals surface area (Å²) in [6, 6.07) is 24.9. The standard InChI is InChI=1S/C33H33FN8O/c34-27-13-15-28(16-14-27)42-31(29(20-35-42)33(43)41-19-17-26(22-41)24-6-2-1-3-7-24)30-8-4-5-18-40(30)21-23-9-11-25(12-10-23)32-36-38-39-37-32/h1-3,6-7,9-16,20,26,30H,4-5,8,17-19,21-22H2,(H,36,37,38,39)/t26-,30?/m0/s1. The highest BCUT2D eigenvalue weighted by Gasteiger charge is 2.35. The number of hydrogen-bond donors (Lipinski definition) is 1. The molecule has 1 unspecified atom stereocenters. The van der Waals surface area contributed by atoms with Gasteiger partial charge in [-0.3, -0.25) is 9.69 Å². The molecule has 4 heterocycles. The van der Waals surface area contributed by atoms with E-state index in [2.05, 4.69) is 61.9 Å². The fraction of sp³-hybridized carbons (Fsp3) is 0.303. The number of halogens is 1. The van der Waals surface area contributed by atoms with E-state index in [1.54, 1.807) is 18.3 Å². The predicted molar refractivity (Wildman–Crippen MR) is 160 cm³/mol. The maximum atomic E-state index is 14.2. The molecule has 43 heavy (non-hydrogen) atoms. The number of carbonyl (C=O) groups is 1. The number of nitrogens with one attached hydrogen (secondary N) is 1. The van der Waals surface area contributed by atoms with E-state index in [-0.39, 0.29) is 17.8 Å². The summed E-state index contributed by atoms with van der Waals surface area (Å²) in [6.07, 6.45) is 5.69. The summed E-state index contributed by atoms with van der Waals surface area (Å²) < 4.78 is 15.7. The van der Waals surface area contributed by atoms with E-state index in [4.69, 9.17) is 5.10 Å². The van der Waals surface area contributed by atoms with Crippen molar-refractivity contribution in [1.29, 1.82) is 0 Å². The number of tetrazole rings is 1. The van der Waals surface area contributed by atoms with E-state index < -0.39 is 0 Å². The number of benzene rings is 3. The van der Waals surface area contributed by atoms with Gasteiger partial charge in [-0.2, -0.15) is 10.3 Å². The molecule has 0 aliphatic carbocycles. The van der Waals surface area contributed by atoms with Gasteiger partial charge in [0, 0.05) is 31.1 Å². The first-order valence-electron chi connectivity index (χ1n) is 14.9. The monoisotopic (exact) mass is 576 g/mol. The Morgan fingerprint density at radius 3 is 2.51 bits per heavy atom. The van der Waals surface area contributed by atoms with Crippen LogP contribution in [0.3, 0.4) is 0 Å². The van der Waals surface area contributed by atoms with Crippen LogP contribution in [0.4, 0.5) is 4.39 Å². The van der Waals surface area contributed by atoms with Gasteiger partial charge in [0.25, 0.3) is 5.91 Å². The number of nitrogens with zero attached hydrogens (tertiary/aromatic N) is 7. The molecule has 0 saturated carbocycles. The molecule has 0 spiro atoms. The number of H-pyrrole nitrogens is 1. The number of carbonyl (C=O) groups excluding carboxylic acids is 1. The summed E-state index contributed by atoms with van der Waals surface area (Å²) in [7, 11) is 0. The summed E-state index contributed by atoms with van der Waals surface area (Å²) in [4.78, 5) is 18.6. The van der Waals surface area contributed by atoms with Crippen LogP contribution in [0.25, 0.3) is 17.1 Å². The Balaban J connectivity index is 1.20. The van der Waals surface area contributed by atoms with Gasteiger partial charge in [0.1, 0.15) is 5.82 Å². The van der Waals surface area contributed by atoms with Gasteiger partial charge in [-0.05, 0) is 66.4 Å². The summed E-state index contributed by atoms with van der Waals surface area (Å²) in [5, 5.41) is 19.0. The molecule has 2 aliphatic rings. The second-order valence-corrected chi connectivity index (χ2v) is 11.4. The third kappa shape index (κ3) is 5.58. The highest BCUT2D eigenvalue weighted by molar-refractivity contribution is 5.95. The molecule has 1 amide bonds. The average Bonchev–Trinajstić information content (AvgIpc) is 3.84. The van der Waals surface area contributed by atoms with Crippen LogP contribution in [0.15, 0.2) is 85.1 Å². The van der Waals surface area contributed by atoms with E-state index in [9.17, 15) is 9.18 Å². The molecule has 7 rings (SSSR count). The highest BCUT2D eigenvalue weighted by Crippen LogP contribution is 2.37. The predicted octanol–water partition coefficient (Wildman–Crippen LogP) is 5.55. The van der Waals surface area contributed by atoms with Crippen molar-refractivity contribution in [2.75, 3.05) is 19.6 Å². The lowest BCUT2D eigenvalue weighted by Crippen LogP contribution is -2.36. The molecule has 2 fully saturated rings. The molecule has 0 bridgehead atoms. The van der Waals surface area contributed by atoms with E-state index in [1.807, 2.05) is 27.8 Å². The summed E-state index contributed by atoms with van der Waals surface area (Å²) in [5.41, 5.74) is 5.57. The molecule has 0 radical (unpaired) electrons. The minimum absolute atomic E-state index is 0.0109. The lowest BCUT2D eigenvalue weighted by atomic mass is 9.95. The zero-order valence-electron chi connectivity index (χ0n) is 23.8. The zero-order valence-corrected chi connectivity index (χ0v) is 23.8. The van der Waals surface area contributed by atoms with Gasteiger partial charge in [-0.15, -0.1) is 10.2 Å². The van der Waals surface area contributed by atoms with Gasteiger partial charge in [-0.25, -0.2) is 9.07 Å². The van der Waals surface area contributed by atoms with Crippen molar-refractivity contribution in [2.45, 2.75) is 44.2 Å². The lowest BCUT2D eigenvalue weighted by Gasteiger charge is -2.36. The van der Waals surface area contributed by atoms with Crippen LogP contribution in [0.1, 0.15) is 64.8 Å². The van der Waals surface area contributed by atoms with Crippen molar-refractivity contribution in [2.24, 2.45) is 0 Å². The van der Waals surface area contributed by atoms with E-state index in [0.29, 0.717) is 30.4 Å². The third-order valence-electron chi connectivity index (χ3n) is 8.73. The SMILES string of the molecule is O=C(c1cnn(-c2ccc(F)cc2)c1C1CCCCN1Cc1ccc(-c2nn[nH]n2)cc1)N1CC[C@H](c2ccccc2)C1. The largest absolute Gasteiger partial charge is 0.338 e. The lowest BCUT2D eigenvalue weighted by molar-refractivity contribution is 0.0781. The fourth-order valence-corrected chi connectivity index (χ4v) is 6.51. The van der Waals surface area contributed by atoms with Crippen LogP contribution >= 0.6 is 0 Å².